The number of ether oxygens (including phenoxy) is 2. The molecular weight excluding hydrogens is 323 g/mol. The highest BCUT2D eigenvalue weighted by Gasteiger charge is 2.24. The molecule has 5 nitrogen and oxygen atoms in total. The molecule has 2 amide bonds. The number of fused-ring (bicyclic) bond motifs is 1. The Balaban J connectivity index is 1.54. The van der Waals surface area contributed by atoms with Crippen molar-refractivity contribution >= 4 is 6.03 Å². The van der Waals surface area contributed by atoms with Crippen LogP contribution in [0.3, 0.4) is 0 Å². The number of carbonyl (C=O) groups excluding carboxylic acids is 1. The molecule has 0 saturated heterocycles. The number of carbonyl (C=O) groups is 1. The van der Waals surface area contributed by atoms with Crippen LogP contribution in [0.1, 0.15) is 25.0 Å². The molecule has 3 rings (SSSR count). The largest absolute Gasteiger partial charge is 0.454 e. The quantitative estimate of drug-likeness (QED) is 0.875. The molecule has 0 fully saturated rings. The molecule has 1 aliphatic heterocycles. The summed E-state index contributed by atoms with van der Waals surface area (Å²) in [5.41, 5.74) is 1.19. The first kappa shape index (κ1) is 17.1. The van der Waals surface area contributed by atoms with E-state index in [-0.39, 0.29) is 30.6 Å². The van der Waals surface area contributed by atoms with E-state index in [4.69, 9.17) is 9.47 Å². The number of hydrogen-bond acceptors (Lipinski definition) is 3. The SMILES string of the molecule is CC(C)(CNC(=O)NCc1ccccc1F)c1ccc2c(c1)OCO2. The molecule has 132 valence electrons. The van der Waals surface area contributed by atoms with Gasteiger partial charge >= 0.3 is 6.03 Å². The molecule has 0 radical (unpaired) electrons. The predicted molar refractivity (Wildman–Crippen MR) is 92.2 cm³/mol. The van der Waals surface area contributed by atoms with E-state index in [0.29, 0.717) is 12.1 Å². The van der Waals surface area contributed by atoms with Gasteiger partial charge in [-0.25, -0.2) is 9.18 Å². The molecule has 0 bridgehead atoms. The molecule has 1 aliphatic rings. The first-order valence-corrected chi connectivity index (χ1v) is 8.11. The van der Waals surface area contributed by atoms with Crippen molar-refractivity contribution in [3.8, 4) is 11.5 Å². The monoisotopic (exact) mass is 344 g/mol. The predicted octanol–water partition coefficient (Wildman–Crippen LogP) is 3.33. The fourth-order valence-electron chi connectivity index (χ4n) is 2.60. The molecule has 2 aromatic rings. The van der Waals surface area contributed by atoms with Gasteiger partial charge in [-0.1, -0.05) is 38.1 Å². The van der Waals surface area contributed by atoms with E-state index in [9.17, 15) is 9.18 Å². The van der Waals surface area contributed by atoms with Gasteiger partial charge in [-0.15, -0.1) is 0 Å². The fourth-order valence-corrected chi connectivity index (χ4v) is 2.60. The summed E-state index contributed by atoms with van der Waals surface area (Å²) in [6.07, 6.45) is 0. The third kappa shape index (κ3) is 4.02. The molecule has 0 unspecified atom stereocenters. The lowest BCUT2D eigenvalue weighted by Crippen LogP contribution is -2.42. The summed E-state index contributed by atoms with van der Waals surface area (Å²) in [5.74, 6) is 1.12. The average Bonchev–Trinajstić information content (AvgIpc) is 3.07. The molecule has 0 atom stereocenters. The summed E-state index contributed by atoms with van der Waals surface area (Å²) >= 11 is 0. The van der Waals surface area contributed by atoms with E-state index < -0.39 is 0 Å². The Hall–Kier alpha value is -2.76. The van der Waals surface area contributed by atoms with Crippen LogP contribution in [0.2, 0.25) is 0 Å². The standard InChI is InChI=1S/C19H21FN2O3/c1-19(2,14-7-8-16-17(9-14)25-12-24-16)11-22-18(23)21-10-13-5-3-4-6-15(13)20/h3-9H,10-12H2,1-2H3,(H2,21,22,23). The van der Waals surface area contributed by atoms with E-state index >= 15 is 0 Å². The van der Waals surface area contributed by atoms with Gasteiger partial charge in [0.2, 0.25) is 6.79 Å². The van der Waals surface area contributed by atoms with E-state index in [0.717, 1.165) is 17.1 Å². The Morgan fingerprint density at radius 2 is 1.88 bits per heavy atom. The van der Waals surface area contributed by atoms with Crippen LogP contribution in [0.25, 0.3) is 0 Å². The molecule has 0 saturated carbocycles. The van der Waals surface area contributed by atoms with E-state index in [1.807, 2.05) is 32.0 Å². The third-order valence-electron chi connectivity index (χ3n) is 4.24. The highest BCUT2D eigenvalue weighted by atomic mass is 19.1. The van der Waals surface area contributed by atoms with Crippen LogP contribution in [-0.2, 0) is 12.0 Å². The summed E-state index contributed by atoms with van der Waals surface area (Å²) in [7, 11) is 0. The molecule has 25 heavy (non-hydrogen) atoms. The Labute approximate surface area is 146 Å². The lowest BCUT2D eigenvalue weighted by atomic mass is 9.84. The highest BCUT2D eigenvalue weighted by molar-refractivity contribution is 5.74. The number of halogens is 1. The summed E-state index contributed by atoms with van der Waals surface area (Å²) in [6, 6.07) is 11.8. The second-order valence-electron chi connectivity index (χ2n) is 6.58. The van der Waals surface area contributed by atoms with Gasteiger partial charge in [-0.2, -0.15) is 0 Å². The maximum absolute atomic E-state index is 13.6. The fraction of sp³-hybridized carbons (Fsp3) is 0.316. The Morgan fingerprint density at radius 3 is 2.68 bits per heavy atom. The van der Waals surface area contributed by atoms with Gasteiger partial charge in [0.1, 0.15) is 5.82 Å². The smallest absolute Gasteiger partial charge is 0.315 e. The lowest BCUT2D eigenvalue weighted by molar-refractivity contribution is 0.174. The van der Waals surface area contributed by atoms with Crippen LogP contribution in [0.5, 0.6) is 11.5 Å². The molecule has 6 heteroatoms. The summed E-state index contributed by atoms with van der Waals surface area (Å²) in [5, 5.41) is 5.51. The Bertz CT molecular complexity index is 777. The van der Waals surface area contributed by atoms with E-state index in [1.165, 1.54) is 6.07 Å². The van der Waals surface area contributed by atoms with Crippen LogP contribution in [-0.4, -0.2) is 19.4 Å². The van der Waals surface area contributed by atoms with Crippen LogP contribution >= 0.6 is 0 Å². The van der Waals surface area contributed by atoms with Crippen molar-refractivity contribution < 1.29 is 18.7 Å². The molecule has 0 aromatic heterocycles. The van der Waals surface area contributed by atoms with Gasteiger partial charge in [0.15, 0.2) is 11.5 Å². The first-order chi connectivity index (χ1) is 12.0. The number of urea groups is 1. The molecule has 2 aromatic carbocycles. The zero-order valence-corrected chi connectivity index (χ0v) is 14.3. The van der Waals surface area contributed by atoms with Crippen LogP contribution in [0.15, 0.2) is 42.5 Å². The summed E-state index contributed by atoms with van der Waals surface area (Å²) < 4.78 is 24.3. The van der Waals surface area contributed by atoms with Gasteiger partial charge in [-0.3, -0.25) is 0 Å². The highest BCUT2D eigenvalue weighted by Crippen LogP contribution is 2.36. The Morgan fingerprint density at radius 1 is 1.12 bits per heavy atom. The zero-order chi connectivity index (χ0) is 17.9. The molecule has 0 spiro atoms. The maximum atomic E-state index is 13.6. The van der Waals surface area contributed by atoms with Crippen molar-refractivity contribution in [2.45, 2.75) is 25.8 Å². The first-order valence-electron chi connectivity index (χ1n) is 8.11. The minimum atomic E-state index is -0.336. The van der Waals surface area contributed by atoms with Crippen molar-refractivity contribution in [2.24, 2.45) is 0 Å². The van der Waals surface area contributed by atoms with Crippen molar-refractivity contribution in [3.05, 3.63) is 59.4 Å². The van der Waals surface area contributed by atoms with Gasteiger partial charge in [0.25, 0.3) is 0 Å². The van der Waals surface area contributed by atoms with Gasteiger partial charge in [0, 0.05) is 24.1 Å². The molecular formula is C19H21FN2O3. The number of benzene rings is 2. The van der Waals surface area contributed by atoms with Gasteiger partial charge in [0.05, 0.1) is 0 Å². The topological polar surface area (TPSA) is 59.6 Å². The Kier molecular flexibility index (Phi) is 4.79. The third-order valence-corrected chi connectivity index (χ3v) is 4.24. The minimum Gasteiger partial charge on any atom is -0.454 e. The van der Waals surface area contributed by atoms with Crippen molar-refractivity contribution in [1.29, 1.82) is 0 Å². The van der Waals surface area contributed by atoms with Gasteiger partial charge < -0.3 is 20.1 Å². The molecule has 1 heterocycles. The maximum Gasteiger partial charge on any atom is 0.315 e. The summed E-state index contributed by atoms with van der Waals surface area (Å²) in [4.78, 5) is 12.0. The average molecular weight is 344 g/mol. The van der Waals surface area contributed by atoms with Crippen LogP contribution in [0, 0.1) is 5.82 Å². The van der Waals surface area contributed by atoms with E-state index in [2.05, 4.69) is 10.6 Å². The van der Waals surface area contributed by atoms with Crippen LogP contribution in [0.4, 0.5) is 9.18 Å². The lowest BCUT2D eigenvalue weighted by Gasteiger charge is -2.26. The molecule has 2 N–H and O–H groups in total. The minimum absolute atomic E-state index is 0.142. The summed E-state index contributed by atoms with van der Waals surface area (Å²) in [6.45, 7) is 4.86. The van der Waals surface area contributed by atoms with Crippen molar-refractivity contribution in [2.75, 3.05) is 13.3 Å². The van der Waals surface area contributed by atoms with Crippen LogP contribution < -0.4 is 20.1 Å². The number of nitrogens with one attached hydrogen (secondary N) is 2. The van der Waals surface area contributed by atoms with E-state index in [1.54, 1.807) is 18.2 Å². The number of hydrogen-bond donors (Lipinski definition) is 2. The molecule has 0 aliphatic carbocycles. The number of amides is 2. The van der Waals surface area contributed by atoms with Crippen molar-refractivity contribution in [3.63, 3.8) is 0 Å². The second kappa shape index (κ2) is 7.01. The zero-order valence-electron chi connectivity index (χ0n) is 14.3. The second-order valence-corrected chi connectivity index (χ2v) is 6.58. The van der Waals surface area contributed by atoms with Gasteiger partial charge in [-0.05, 0) is 23.8 Å². The normalized spacial score (nSPS) is 12.8. The number of rotatable bonds is 5. The van der Waals surface area contributed by atoms with Crippen molar-refractivity contribution in [1.82, 2.24) is 10.6 Å².